The highest BCUT2D eigenvalue weighted by molar-refractivity contribution is 5.47. The number of ether oxygens (including phenoxy) is 1. The molecule has 0 N–H and O–H groups in total. The van der Waals surface area contributed by atoms with Crippen LogP contribution in [-0.4, -0.2) is 94.5 Å². The minimum Gasteiger partial charge on any atom is -0.379 e. The minimum atomic E-state index is 0.575. The van der Waals surface area contributed by atoms with Crippen molar-refractivity contribution in [2.24, 2.45) is 0 Å². The molecule has 2 fully saturated rings. The molecule has 2 aliphatic heterocycles. The number of morpholine rings is 1. The third-order valence-electron chi connectivity index (χ3n) is 5.25. The Kier molecular flexibility index (Phi) is 4.82. The van der Waals surface area contributed by atoms with Crippen LogP contribution in [0.25, 0.3) is 5.78 Å². The smallest absolute Gasteiger partial charge is 0.254 e. The Bertz CT molecular complexity index is 704. The largest absolute Gasteiger partial charge is 0.379 e. The van der Waals surface area contributed by atoms with Crippen molar-refractivity contribution in [1.82, 2.24) is 29.4 Å². The fourth-order valence-electron chi connectivity index (χ4n) is 3.80. The third-order valence-corrected chi connectivity index (χ3v) is 5.25. The third kappa shape index (κ3) is 3.61. The fourth-order valence-corrected chi connectivity index (χ4v) is 3.80. The van der Waals surface area contributed by atoms with Crippen molar-refractivity contribution >= 4 is 11.6 Å². The van der Waals surface area contributed by atoms with Gasteiger partial charge in [-0.15, -0.1) is 0 Å². The van der Waals surface area contributed by atoms with Gasteiger partial charge in [0.2, 0.25) is 0 Å². The van der Waals surface area contributed by atoms with Crippen LogP contribution in [0.2, 0.25) is 0 Å². The van der Waals surface area contributed by atoms with E-state index in [1.165, 1.54) is 0 Å². The molecule has 4 rings (SSSR count). The van der Waals surface area contributed by atoms with Crippen molar-refractivity contribution < 1.29 is 4.74 Å². The molecule has 1 atom stereocenters. The maximum atomic E-state index is 5.45. The van der Waals surface area contributed by atoms with Gasteiger partial charge in [-0.2, -0.15) is 14.6 Å². The predicted octanol–water partition coefficient (Wildman–Crippen LogP) is 0.275. The first kappa shape index (κ1) is 16.7. The van der Waals surface area contributed by atoms with Crippen molar-refractivity contribution in [3.8, 4) is 0 Å². The normalized spacial score (nSPS) is 21.8. The molecular weight excluding hydrogens is 318 g/mol. The van der Waals surface area contributed by atoms with Gasteiger partial charge < -0.3 is 9.64 Å². The van der Waals surface area contributed by atoms with Gasteiger partial charge in [0.15, 0.2) is 0 Å². The zero-order valence-electron chi connectivity index (χ0n) is 15.1. The van der Waals surface area contributed by atoms with E-state index in [1.807, 2.05) is 11.4 Å². The van der Waals surface area contributed by atoms with Crippen LogP contribution in [0.5, 0.6) is 0 Å². The molecule has 1 unspecified atom stereocenters. The first-order valence-electron chi connectivity index (χ1n) is 9.17. The zero-order chi connectivity index (χ0) is 17.2. The molecule has 0 aromatic carbocycles. The second-order valence-corrected chi connectivity index (χ2v) is 7.01. The number of aromatic nitrogens is 4. The van der Waals surface area contributed by atoms with Crippen LogP contribution in [-0.2, 0) is 4.74 Å². The Morgan fingerprint density at radius 2 is 1.88 bits per heavy atom. The minimum absolute atomic E-state index is 0.575. The number of rotatable bonds is 4. The Morgan fingerprint density at radius 3 is 2.64 bits per heavy atom. The quantitative estimate of drug-likeness (QED) is 0.788. The van der Waals surface area contributed by atoms with E-state index >= 15 is 0 Å². The van der Waals surface area contributed by atoms with Crippen molar-refractivity contribution in [1.29, 1.82) is 0 Å². The van der Waals surface area contributed by atoms with Crippen LogP contribution < -0.4 is 4.90 Å². The lowest BCUT2D eigenvalue weighted by Crippen LogP contribution is -2.53. The van der Waals surface area contributed by atoms with Crippen molar-refractivity contribution in [3.05, 3.63) is 18.1 Å². The summed E-state index contributed by atoms with van der Waals surface area (Å²) in [7, 11) is 0. The lowest BCUT2D eigenvalue weighted by atomic mass is 10.2. The molecule has 0 amide bonds. The molecule has 0 bridgehead atoms. The summed E-state index contributed by atoms with van der Waals surface area (Å²) >= 11 is 0. The van der Waals surface area contributed by atoms with Crippen LogP contribution in [0.1, 0.15) is 12.6 Å². The van der Waals surface area contributed by atoms with E-state index in [9.17, 15) is 0 Å². The van der Waals surface area contributed by atoms with E-state index in [4.69, 9.17) is 4.74 Å². The number of hydrogen-bond donors (Lipinski definition) is 0. The number of aryl methyl sites for hydroxylation is 1. The summed E-state index contributed by atoms with van der Waals surface area (Å²) in [6.07, 6.45) is 1.58. The Balaban J connectivity index is 1.38. The fraction of sp³-hybridized carbons (Fsp3) is 0.706. The second-order valence-electron chi connectivity index (χ2n) is 7.01. The summed E-state index contributed by atoms with van der Waals surface area (Å²) < 4.78 is 7.29. The van der Waals surface area contributed by atoms with E-state index in [0.29, 0.717) is 11.8 Å². The second kappa shape index (κ2) is 7.23. The van der Waals surface area contributed by atoms with Crippen LogP contribution in [0.3, 0.4) is 0 Å². The van der Waals surface area contributed by atoms with E-state index < -0.39 is 0 Å². The van der Waals surface area contributed by atoms with Gasteiger partial charge in [0.05, 0.1) is 13.2 Å². The number of fused-ring (bicyclic) bond motifs is 1. The molecule has 0 aliphatic carbocycles. The number of nitrogens with zero attached hydrogens (tertiary/aromatic N) is 7. The van der Waals surface area contributed by atoms with E-state index in [0.717, 1.165) is 70.5 Å². The SMILES string of the molecule is Cc1cc(N2CCN(C(C)CN3CCOCC3)CC2)n2ncnc2n1. The molecule has 0 spiro atoms. The lowest BCUT2D eigenvalue weighted by Gasteiger charge is -2.40. The van der Waals surface area contributed by atoms with Gasteiger partial charge in [-0.1, -0.05) is 0 Å². The zero-order valence-corrected chi connectivity index (χ0v) is 15.1. The van der Waals surface area contributed by atoms with Crippen LogP contribution in [0.15, 0.2) is 12.4 Å². The van der Waals surface area contributed by atoms with Gasteiger partial charge in [0.25, 0.3) is 5.78 Å². The van der Waals surface area contributed by atoms with Crippen LogP contribution >= 0.6 is 0 Å². The van der Waals surface area contributed by atoms with Gasteiger partial charge in [-0.05, 0) is 13.8 Å². The first-order chi connectivity index (χ1) is 12.2. The summed E-state index contributed by atoms with van der Waals surface area (Å²) in [6, 6.07) is 2.68. The standard InChI is InChI=1S/C17H27N7O/c1-14-11-16(24-17(20-14)18-13-19-24)23-5-3-22(4-6-23)15(2)12-21-7-9-25-10-8-21/h11,13,15H,3-10,12H2,1-2H3. The molecule has 2 saturated heterocycles. The highest BCUT2D eigenvalue weighted by Gasteiger charge is 2.25. The summed E-state index contributed by atoms with van der Waals surface area (Å²) in [6.45, 7) is 13.5. The molecule has 0 saturated carbocycles. The van der Waals surface area contributed by atoms with Gasteiger partial charge in [0, 0.05) is 63.6 Å². The van der Waals surface area contributed by atoms with Gasteiger partial charge in [0.1, 0.15) is 12.1 Å². The van der Waals surface area contributed by atoms with E-state index in [1.54, 1.807) is 6.33 Å². The van der Waals surface area contributed by atoms with E-state index in [-0.39, 0.29) is 0 Å². The summed E-state index contributed by atoms with van der Waals surface area (Å²) in [5, 5.41) is 4.34. The van der Waals surface area contributed by atoms with Crippen molar-refractivity contribution in [3.63, 3.8) is 0 Å². The molecule has 2 aliphatic rings. The van der Waals surface area contributed by atoms with Gasteiger partial charge in [-0.25, -0.2) is 4.98 Å². The molecule has 25 heavy (non-hydrogen) atoms. The maximum absolute atomic E-state index is 5.45. The van der Waals surface area contributed by atoms with Crippen LogP contribution in [0.4, 0.5) is 5.82 Å². The van der Waals surface area contributed by atoms with Crippen LogP contribution in [0, 0.1) is 6.92 Å². The summed E-state index contributed by atoms with van der Waals surface area (Å²) in [5.41, 5.74) is 0.985. The molecule has 2 aromatic rings. The van der Waals surface area contributed by atoms with Gasteiger partial charge >= 0.3 is 0 Å². The molecule has 8 heteroatoms. The van der Waals surface area contributed by atoms with Crippen molar-refractivity contribution in [2.75, 3.05) is 63.9 Å². The number of piperazine rings is 1. The topological polar surface area (TPSA) is 62.0 Å². The average molecular weight is 345 g/mol. The molecule has 0 radical (unpaired) electrons. The lowest BCUT2D eigenvalue weighted by molar-refractivity contribution is 0.0239. The monoisotopic (exact) mass is 345 g/mol. The number of hydrogen-bond acceptors (Lipinski definition) is 7. The van der Waals surface area contributed by atoms with E-state index in [2.05, 4.69) is 42.8 Å². The Labute approximate surface area is 148 Å². The molecule has 4 heterocycles. The summed E-state index contributed by atoms with van der Waals surface area (Å²) in [4.78, 5) is 16.2. The molecular formula is C17H27N7O. The first-order valence-corrected chi connectivity index (χ1v) is 9.17. The molecule has 8 nitrogen and oxygen atoms in total. The predicted molar refractivity (Wildman–Crippen MR) is 96.0 cm³/mol. The average Bonchev–Trinajstić information content (AvgIpc) is 3.10. The Hall–Kier alpha value is -1.77. The Morgan fingerprint density at radius 1 is 1.12 bits per heavy atom. The highest BCUT2D eigenvalue weighted by Crippen LogP contribution is 2.19. The summed E-state index contributed by atoms with van der Waals surface area (Å²) in [5.74, 6) is 1.78. The van der Waals surface area contributed by atoms with Crippen molar-refractivity contribution in [2.45, 2.75) is 19.9 Å². The van der Waals surface area contributed by atoms with Gasteiger partial charge in [-0.3, -0.25) is 9.80 Å². The molecule has 2 aromatic heterocycles. The highest BCUT2D eigenvalue weighted by atomic mass is 16.5. The maximum Gasteiger partial charge on any atom is 0.254 e. The molecule has 136 valence electrons. The number of anilines is 1.